The van der Waals surface area contributed by atoms with Crippen LogP contribution in [0.15, 0.2) is 23.1 Å². The molecule has 0 radical (unpaired) electrons. The normalized spacial score (nSPS) is 15.8. The molecule has 2 heterocycles. The average Bonchev–Trinajstić information content (AvgIpc) is 3.10. The van der Waals surface area contributed by atoms with Crippen LogP contribution in [0.4, 0.5) is 5.13 Å². The van der Waals surface area contributed by atoms with Gasteiger partial charge in [-0.2, -0.15) is 4.31 Å². The van der Waals surface area contributed by atoms with Gasteiger partial charge in [-0.3, -0.25) is 10.1 Å². The van der Waals surface area contributed by atoms with Crippen LogP contribution in [-0.2, 0) is 16.4 Å². The van der Waals surface area contributed by atoms with E-state index in [9.17, 15) is 13.2 Å². The molecule has 0 spiro atoms. The third-order valence-corrected chi connectivity index (χ3v) is 7.40. The van der Waals surface area contributed by atoms with Gasteiger partial charge in [0.1, 0.15) is 5.01 Å². The van der Waals surface area contributed by atoms with E-state index in [0.29, 0.717) is 29.3 Å². The number of nitrogens with one attached hydrogen (secondary N) is 1. The van der Waals surface area contributed by atoms with Gasteiger partial charge >= 0.3 is 0 Å². The summed E-state index contributed by atoms with van der Waals surface area (Å²) in [5, 5.41) is 11.8. The fraction of sp³-hybridized carbons (Fsp3) is 0.471. The van der Waals surface area contributed by atoms with Crippen LogP contribution in [0.2, 0.25) is 0 Å². The summed E-state index contributed by atoms with van der Waals surface area (Å²) in [5.41, 5.74) is 0.927. The Hall–Kier alpha value is -1.84. The SMILES string of the molecule is CCc1nnc(NC(=O)c2ccc(C)c(S(=O)(=O)N3CCCCC3)c2)s1. The largest absolute Gasteiger partial charge is 0.296 e. The highest BCUT2D eigenvalue weighted by Gasteiger charge is 2.28. The van der Waals surface area contributed by atoms with E-state index in [4.69, 9.17) is 0 Å². The quantitative estimate of drug-likeness (QED) is 0.842. The van der Waals surface area contributed by atoms with Crippen molar-refractivity contribution in [3.8, 4) is 0 Å². The van der Waals surface area contributed by atoms with Gasteiger partial charge in [0.25, 0.3) is 5.91 Å². The monoisotopic (exact) mass is 394 g/mol. The summed E-state index contributed by atoms with van der Waals surface area (Å²) in [5.74, 6) is -0.390. The lowest BCUT2D eigenvalue weighted by molar-refractivity contribution is 0.102. The van der Waals surface area contributed by atoms with Crippen molar-refractivity contribution in [2.24, 2.45) is 0 Å². The first-order valence-corrected chi connectivity index (χ1v) is 10.9. The van der Waals surface area contributed by atoms with Gasteiger partial charge in [-0.25, -0.2) is 8.42 Å². The van der Waals surface area contributed by atoms with Crippen LogP contribution in [0.1, 0.15) is 47.1 Å². The fourth-order valence-electron chi connectivity index (χ4n) is 2.88. The first kappa shape index (κ1) is 18.9. The lowest BCUT2D eigenvalue weighted by Crippen LogP contribution is -2.36. The Bertz CT molecular complexity index is 902. The Labute approximate surface area is 157 Å². The third kappa shape index (κ3) is 3.94. The van der Waals surface area contributed by atoms with Crippen LogP contribution < -0.4 is 5.32 Å². The molecule has 0 unspecified atom stereocenters. The van der Waals surface area contributed by atoms with Crippen LogP contribution in [-0.4, -0.2) is 41.9 Å². The van der Waals surface area contributed by atoms with Crippen molar-refractivity contribution >= 4 is 32.4 Å². The Kier molecular flexibility index (Phi) is 5.69. The third-order valence-electron chi connectivity index (χ3n) is 4.37. The summed E-state index contributed by atoms with van der Waals surface area (Å²) in [4.78, 5) is 12.7. The molecule has 1 fully saturated rings. The second-order valence-corrected chi connectivity index (χ2v) is 9.22. The lowest BCUT2D eigenvalue weighted by Gasteiger charge is -2.26. The van der Waals surface area contributed by atoms with Gasteiger partial charge in [-0.05, 0) is 43.9 Å². The molecule has 140 valence electrons. The maximum atomic E-state index is 13.0. The number of sulfonamides is 1. The van der Waals surface area contributed by atoms with Crippen molar-refractivity contribution < 1.29 is 13.2 Å². The number of hydrogen-bond acceptors (Lipinski definition) is 6. The van der Waals surface area contributed by atoms with Gasteiger partial charge in [0.05, 0.1) is 4.90 Å². The molecule has 0 aliphatic carbocycles. The molecule has 7 nitrogen and oxygen atoms in total. The van der Waals surface area contributed by atoms with Crippen molar-refractivity contribution in [2.75, 3.05) is 18.4 Å². The number of rotatable bonds is 5. The smallest absolute Gasteiger partial charge is 0.257 e. The number of aryl methyl sites for hydroxylation is 2. The van der Waals surface area contributed by atoms with E-state index < -0.39 is 10.0 Å². The molecule has 1 aliphatic rings. The molecule has 3 rings (SSSR count). The predicted octanol–water partition coefficient (Wildman–Crippen LogP) is 2.84. The van der Waals surface area contributed by atoms with Gasteiger partial charge in [-0.1, -0.05) is 30.7 Å². The van der Waals surface area contributed by atoms with E-state index >= 15 is 0 Å². The summed E-state index contributed by atoms with van der Waals surface area (Å²) < 4.78 is 27.4. The summed E-state index contributed by atoms with van der Waals surface area (Å²) >= 11 is 1.31. The molecule has 1 aromatic heterocycles. The second kappa shape index (κ2) is 7.81. The lowest BCUT2D eigenvalue weighted by atomic mass is 10.1. The Morgan fingerprint density at radius 1 is 1.23 bits per heavy atom. The molecule has 0 bridgehead atoms. The number of piperidine rings is 1. The molecule has 1 aromatic carbocycles. The van der Waals surface area contributed by atoms with E-state index in [2.05, 4.69) is 15.5 Å². The van der Waals surface area contributed by atoms with Gasteiger partial charge < -0.3 is 0 Å². The average molecular weight is 395 g/mol. The highest BCUT2D eigenvalue weighted by Crippen LogP contribution is 2.25. The number of carbonyl (C=O) groups is 1. The van der Waals surface area contributed by atoms with Crippen LogP contribution in [0.5, 0.6) is 0 Å². The Morgan fingerprint density at radius 2 is 1.96 bits per heavy atom. The van der Waals surface area contributed by atoms with E-state index in [0.717, 1.165) is 30.7 Å². The Morgan fingerprint density at radius 3 is 2.62 bits per heavy atom. The minimum absolute atomic E-state index is 0.193. The molecule has 2 aromatic rings. The minimum Gasteiger partial charge on any atom is -0.296 e. The number of aromatic nitrogens is 2. The van der Waals surface area contributed by atoms with Crippen LogP contribution >= 0.6 is 11.3 Å². The molecular formula is C17H22N4O3S2. The summed E-state index contributed by atoms with van der Waals surface area (Å²) in [7, 11) is -3.59. The molecule has 1 N–H and O–H groups in total. The number of benzene rings is 1. The number of anilines is 1. The van der Waals surface area contributed by atoms with Crippen LogP contribution in [0, 0.1) is 6.92 Å². The van der Waals surface area contributed by atoms with Gasteiger partial charge in [0, 0.05) is 18.7 Å². The molecule has 1 amide bonds. The molecule has 1 saturated heterocycles. The number of amides is 1. The van der Waals surface area contributed by atoms with Gasteiger partial charge in [0.15, 0.2) is 0 Å². The van der Waals surface area contributed by atoms with Crippen molar-refractivity contribution in [1.82, 2.24) is 14.5 Å². The fourth-order valence-corrected chi connectivity index (χ4v) is 5.32. The molecule has 0 saturated carbocycles. The topological polar surface area (TPSA) is 92.3 Å². The van der Waals surface area contributed by atoms with Crippen LogP contribution in [0.25, 0.3) is 0 Å². The minimum atomic E-state index is -3.59. The standard InChI is InChI=1S/C17H22N4O3S2/c1-3-15-19-20-17(25-15)18-16(22)13-8-7-12(2)14(11-13)26(23,24)21-9-5-4-6-10-21/h7-8,11H,3-6,9-10H2,1-2H3,(H,18,20,22). The maximum Gasteiger partial charge on any atom is 0.257 e. The summed E-state index contributed by atoms with van der Waals surface area (Å²) in [6.45, 7) is 4.77. The first-order valence-electron chi connectivity index (χ1n) is 8.66. The molecule has 0 atom stereocenters. The van der Waals surface area contributed by atoms with Gasteiger partial charge in [0.2, 0.25) is 15.2 Å². The molecule has 26 heavy (non-hydrogen) atoms. The van der Waals surface area contributed by atoms with Crippen molar-refractivity contribution in [2.45, 2.75) is 44.4 Å². The van der Waals surface area contributed by atoms with E-state index in [1.807, 2.05) is 6.92 Å². The van der Waals surface area contributed by atoms with Crippen LogP contribution in [0.3, 0.4) is 0 Å². The molecule has 9 heteroatoms. The second-order valence-electron chi connectivity index (χ2n) is 6.25. The highest BCUT2D eigenvalue weighted by molar-refractivity contribution is 7.89. The zero-order chi connectivity index (χ0) is 18.7. The summed E-state index contributed by atoms with van der Waals surface area (Å²) in [6.07, 6.45) is 3.54. The van der Waals surface area contributed by atoms with E-state index in [1.165, 1.54) is 21.7 Å². The maximum absolute atomic E-state index is 13.0. The van der Waals surface area contributed by atoms with Crippen molar-refractivity contribution in [1.29, 1.82) is 0 Å². The zero-order valence-electron chi connectivity index (χ0n) is 14.9. The molecule has 1 aliphatic heterocycles. The van der Waals surface area contributed by atoms with Crippen molar-refractivity contribution in [3.63, 3.8) is 0 Å². The zero-order valence-corrected chi connectivity index (χ0v) is 16.5. The van der Waals surface area contributed by atoms with E-state index in [1.54, 1.807) is 19.1 Å². The van der Waals surface area contributed by atoms with Crippen molar-refractivity contribution in [3.05, 3.63) is 34.3 Å². The Balaban J connectivity index is 1.85. The molecular weight excluding hydrogens is 372 g/mol. The highest BCUT2D eigenvalue weighted by atomic mass is 32.2. The number of carbonyl (C=O) groups excluding carboxylic acids is 1. The summed E-state index contributed by atoms with van der Waals surface area (Å²) in [6, 6.07) is 4.75. The predicted molar refractivity (Wildman–Crippen MR) is 101 cm³/mol. The first-order chi connectivity index (χ1) is 12.4. The van der Waals surface area contributed by atoms with Gasteiger partial charge in [-0.15, -0.1) is 10.2 Å². The van der Waals surface area contributed by atoms with E-state index in [-0.39, 0.29) is 10.8 Å². The number of hydrogen-bond donors (Lipinski definition) is 1. The number of nitrogens with zero attached hydrogens (tertiary/aromatic N) is 3.